The van der Waals surface area contributed by atoms with Gasteiger partial charge in [-0.15, -0.1) is 0 Å². The second-order valence-corrected chi connectivity index (χ2v) is 3.67. The van der Waals surface area contributed by atoms with Gasteiger partial charge < -0.3 is 5.32 Å². The number of anilines is 1. The van der Waals surface area contributed by atoms with Crippen molar-refractivity contribution in [3.05, 3.63) is 34.4 Å². The number of halogens is 2. The Kier molecular flexibility index (Phi) is 2.48. The molecule has 1 heterocycles. The Hall–Kier alpha value is -0.990. The number of hydrogen-bond donors (Lipinski definition) is 1. The minimum atomic E-state index is 0.413. The average molecular weight is 227 g/mol. The lowest BCUT2D eigenvalue weighted by atomic mass is 10.2. The van der Waals surface area contributed by atoms with Crippen LogP contribution < -0.4 is 5.32 Å². The van der Waals surface area contributed by atoms with Crippen LogP contribution >= 0.6 is 23.2 Å². The van der Waals surface area contributed by atoms with Crippen molar-refractivity contribution in [1.82, 2.24) is 4.98 Å². The second-order valence-electron chi connectivity index (χ2n) is 2.88. The Morgan fingerprint density at radius 1 is 1.29 bits per heavy atom. The average Bonchev–Trinajstić information content (AvgIpc) is 2.16. The molecule has 0 bridgehead atoms. The molecule has 0 aliphatic carbocycles. The highest BCUT2D eigenvalue weighted by atomic mass is 35.5. The molecule has 0 saturated carbocycles. The van der Waals surface area contributed by atoms with E-state index < -0.39 is 0 Å². The first-order chi connectivity index (χ1) is 6.72. The minimum Gasteiger partial charge on any atom is -0.388 e. The Balaban J connectivity index is 2.87. The SMILES string of the molecule is CNc1cccc2nc(Cl)cc(Cl)c12. The molecule has 0 aliphatic heterocycles. The molecule has 1 N–H and O–H groups in total. The third-order valence-corrected chi connectivity index (χ3v) is 2.52. The summed E-state index contributed by atoms with van der Waals surface area (Å²) in [6, 6.07) is 7.39. The maximum atomic E-state index is 6.08. The van der Waals surface area contributed by atoms with Gasteiger partial charge in [0, 0.05) is 18.1 Å². The number of hydrogen-bond acceptors (Lipinski definition) is 2. The van der Waals surface area contributed by atoms with Gasteiger partial charge in [-0.25, -0.2) is 4.98 Å². The van der Waals surface area contributed by atoms with Gasteiger partial charge in [0.25, 0.3) is 0 Å². The highest BCUT2D eigenvalue weighted by Gasteiger charge is 2.06. The zero-order chi connectivity index (χ0) is 10.1. The van der Waals surface area contributed by atoms with Crippen LogP contribution in [0.2, 0.25) is 10.2 Å². The van der Waals surface area contributed by atoms with E-state index in [2.05, 4.69) is 10.3 Å². The van der Waals surface area contributed by atoms with E-state index in [1.165, 1.54) is 0 Å². The highest BCUT2D eigenvalue weighted by molar-refractivity contribution is 6.38. The van der Waals surface area contributed by atoms with Crippen molar-refractivity contribution in [1.29, 1.82) is 0 Å². The number of benzene rings is 1. The van der Waals surface area contributed by atoms with Crippen molar-refractivity contribution in [3.63, 3.8) is 0 Å². The van der Waals surface area contributed by atoms with Crippen molar-refractivity contribution in [2.75, 3.05) is 12.4 Å². The maximum absolute atomic E-state index is 6.08. The topological polar surface area (TPSA) is 24.9 Å². The van der Waals surface area contributed by atoms with Crippen LogP contribution in [0, 0.1) is 0 Å². The Morgan fingerprint density at radius 2 is 2.07 bits per heavy atom. The number of rotatable bonds is 1. The number of aromatic nitrogens is 1. The summed E-state index contributed by atoms with van der Waals surface area (Å²) in [5.74, 6) is 0. The molecule has 0 aliphatic rings. The predicted octanol–water partition coefficient (Wildman–Crippen LogP) is 3.58. The van der Waals surface area contributed by atoms with E-state index in [1.54, 1.807) is 6.07 Å². The molecule has 2 nitrogen and oxygen atoms in total. The quantitative estimate of drug-likeness (QED) is 0.753. The maximum Gasteiger partial charge on any atom is 0.131 e. The molecule has 0 atom stereocenters. The van der Waals surface area contributed by atoms with E-state index in [0.717, 1.165) is 16.6 Å². The third kappa shape index (κ3) is 1.51. The largest absolute Gasteiger partial charge is 0.388 e. The van der Waals surface area contributed by atoms with Crippen LogP contribution in [0.1, 0.15) is 0 Å². The summed E-state index contributed by atoms with van der Waals surface area (Å²) in [6.45, 7) is 0. The van der Waals surface area contributed by atoms with Crippen LogP contribution in [-0.4, -0.2) is 12.0 Å². The molecule has 1 aromatic carbocycles. The van der Waals surface area contributed by atoms with Gasteiger partial charge in [-0.1, -0.05) is 29.3 Å². The van der Waals surface area contributed by atoms with Crippen molar-refractivity contribution in [3.8, 4) is 0 Å². The van der Waals surface area contributed by atoms with Gasteiger partial charge in [-0.2, -0.15) is 0 Å². The molecule has 0 fully saturated rings. The number of nitrogens with one attached hydrogen (secondary N) is 1. The standard InChI is InChI=1S/C10H8Cl2N2/c1-13-7-3-2-4-8-10(7)6(11)5-9(12)14-8/h2-5,13H,1H3. The van der Waals surface area contributed by atoms with Crippen molar-refractivity contribution >= 4 is 39.8 Å². The van der Waals surface area contributed by atoms with Crippen LogP contribution in [-0.2, 0) is 0 Å². The fourth-order valence-corrected chi connectivity index (χ4v) is 1.97. The highest BCUT2D eigenvalue weighted by Crippen LogP contribution is 2.30. The van der Waals surface area contributed by atoms with Crippen LogP contribution in [0.4, 0.5) is 5.69 Å². The zero-order valence-electron chi connectivity index (χ0n) is 7.51. The molecular formula is C10H8Cl2N2. The summed E-state index contributed by atoms with van der Waals surface area (Å²) >= 11 is 11.9. The monoisotopic (exact) mass is 226 g/mol. The summed E-state index contributed by atoms with van der Waals surface area (Å²) in [7, 11) is 1.85. The zero-order valence-corrected chi connectivity index (χ0v) is 9.02. The van der Waals surface area contributed by atoms with Crippen molar-refractivity contribution in [2.24, 2.45) is 0 Å². The molecule has 1 aromatic heterocycles. The molecule has 2 rings (SSSR count). The fraction of sp³-hybridized carbons (Fsp3) is 0.100. The normalized spacial score (nSPS) is 10.5. The predicted molar refractivity (Wildman–Crippen MR) is 61.3 cm³/mol. The molecule has 14 heavy (non-hydrogen) atoms. The van der Waals surface area contributed by atoms with Crippen LogP contribution in [0.15, 0.2) is 24.3 Å². The van der Waals surface area contributed by atoms with E-state index >= 15 is 0 Å². The van der Waals surface area contributed by atoms with E-state index in [9.17, 15) is 0 Å². The summed E-state index contributed by atoms with van der Waals surface area (Å²) < 4.78 is 0. The molecule has 0 radical (unpaired) electrons. The summed E-state index contributed by atoms with van der Waals surface area (Å²) in [4.78, 5) is 4.19. The molecule has 0 unspecified atom stereocenters. The summed E-state index contributed by atoms with van der Waals surface area (Å²) in [6.07, 6.45) is 0. The van der Waals surface area contributed by atoms with Gasteiger partial charge in [0.2, 0.25) is 0 Å². The molecule has 0 amide bonds. The van der Waals surface area contributed by atoms with Gasteiger partial charge in [-0.3, -0.25) is 0 Å². The van der Waals surface area contributed by atoms with Crippen LogP contribution in [0.3, 0.4) is 0 Å². The van der Waals surface area contributed by atoms with Crippen LogP contribution in [0.5, 0.6) is 0 Å². The van der Waals surface area contributed by atoms with Gasteiger partial charge in [0.15, 0.2) is 0 Å². The molecule has 72 valence electrons. The van der Waals surface area contributed by atoms with E-state index in [4.69, 9.17) is 23.2 Å². The minimum absolute atomic E-state index is 0.413. The Morgan fingerprint density at radius 3 is 2.79 bits per heavy atom. The number of pyridine rings is 1. The smallest absolute Gasteiger partial charge is 0.131 e. The van der Waals surface area contributed by atoms with E-state index in [0.29, 0.717) is 10.2 Å². The second kappa shape index (κ2) is 3.64. The lowest BCUT2D eigenvalue weighted by Crippen LogP contribution is -1.91. The lowest BCUT2D eigenvalue weighted by molar-refractivity contribution is 1.40. The van der Waals surface area contributed by atoms with Crippen molar-refractivity contribution in [2.45, 2.75) is 0 Å². The summed E-state index contributed by atoms with van der Waals surface area (Å²) in [5.41, 5.74) is 1.76. The van der Waals surface area contributed by atoms with E-state index in [1.807, 2.05) is 25.2 Å². The first-order valence-electron chi connectivity index (χ1n) is 4.15. The van der Waals surface area contributed by atoms with Gasteiger partial charge in [-0.05, 0) is 18.2 Å². The van der Waals surface area contributed by atoms with Gasteiger partial charge in [0.1, 0.15) is 5.15 Å². The molecular weight excluding hydrogens is 219 g/mol. The summed E-state index contributed by atoms with van der Waals surface area (Å²) in [5, 5.41) is 4.99. The molecule has 2 aromatic rings. The molecule has 4 heteroatoms. The Bertz CT molecular complexity index is 483. The van der Waals surface area contributed by atoms with Gasteiger partial charge >= 0.3 is 0 Å². The van der Waals surface area contributed by atoms with E-state index in [-0.39, 0.29) is 0 Å². The van der Waals surface area contributed by atoms with Crippen molar-refractivity contribution < 1.29 is 0 Å². The third-order valence-electron chi connectivity index (χ3n) is 2.02. The van der Waals surface area contributed by atoms with Crippen LogP contribution in [0.25, 0.3) is 10.9 Å². The number of fused-ring (bicyclic) bond motifs is 1. The fourth-order valence-electron chi connectivity index (χ4n) is 1.42. The number of nitrogens with zero attached hydrogens (tertiary/aromatic N) is 1. The Labute approximate surface area is 91.9 Å². The molecule has 0 saturated heterocycles. The lowest BCUT2D eigenvalue weighted by Gasteiger charge is -2.06. The first-order valence-corrected chi connectivity index (χ1v) is 4.90. The first kappa shape index (κ1) is 9.56. The molecule has 0 spiro atoms. The van der Waals surface area contributed by atoms with Gasteiger partial charge in [0.05, 0.1) is 10.5 Å².